The molecular weight excluding hydrogens is 208 g/mol. The number of hydrogen-bond donors (Lipinski definition) is 2. The minimum absolute atomic E-state index is 0.0459. The summed E-state index contributed by atoms with van der Waals surface area (Å²) in [6.07, 6.45) is 5.06. The highest BCUT2D eigenvalue weighted by molar-refractivity contribution is 5.39. The average Bonchev–Trinajstić information content (AvgIpc) is 3.17. The van der Waals surface area contributed by atoms with Crippen molar-refractivity contribution in [3.8, 4) is 0 Å². The first kappa shape index (κ1) is 11.2. The van der Waals surface area contributed by atoms with E-state index in [9.17, 15) is 0 Å². The van der Waals surface area contributed by atoms with Crippen molar-refractivity contribution in [1.29, 1.82) is 0 Å². The van der Waals surface area contributed by atoms with E-state index in [-0.39, 0.29) is 5.54 Å². The summed E-state index contributed by atoms with van der Waals surface area (Å²) >= 11 is 0. The van der Waals surface area contributed by atoms with E-state index in [1.54, 1.807) is 0 Å². The first-order valence-corrected chi connectivity index (χ1v) is 6.82. The highest BCUT2D eigenvalue weighted by Gasteiger charge is 2.40. The third kappa shape index (κ3) is 1.90. The number of nitrogens with two attached hydrogens (primary N) is 1. The highest BCUT2D eigenvalue weighted by atomic mass is 15.1. The third-order valence-corrected chi connectivity index (χ3v) is 4.42. The minimum atomic E-state index is 0.0459. The largest absolute Gasteiger partial charge is 0.328 e. The van der Waals surface area contributed by atoms with Gasteiger partial charge in [-0.15, -0.1) is 0 Å². The number of benzene rings is 1. The Morgan fingerprint density at radius 2 is 2.06 bits per heavy atom. The zero-order valence-electron chi connectivity index (χ0n) is 10.6. The van der Waals surface area contributed by atoms with Crippen molar-refractivity contribution in [2.24, 2.45) is 5.73 Å². The summed E-state index contributed by atoms with van der Waals surface area (Å²) < 4.78 is 0. The normalized spacial score (nSPS) is 32.2. The Labute approximate surface area is 104 Å². The van der Waals surface area contributed by atoms with E-state index in [0.717, 1.165) is 0 Å². The Balaban J connectivity index is 2.01. The molecule has 3 N–H and O–H groups in total. The van der Waals surface area contributed by atoms with Crippen LogP contribution in [0.25, 0.3) is 0 Å². The van der Waals surface area contributed by atoms with Crippen LogP contribution >= 0.6 is 0 Å². The van der Waals surface area contributed by atoms with Gasteiger partial charge in [0.05, 0.1) is 5.54 Å². The molecule has 0 radical (unpaired) electrons. The van der Waals surface area contributed by atoms with Crippen LogP contribution in [0.15, 0.2) is 24.3 Å². The van der Waals surface area contributed by atoms with Crippen LogP contribution < -0.4 is 11.1 Å². The lowest BCUT2D eigenvalue weighted by molar-refractivity contribution is 0.277. The fourth-order valence-electron chi connectivity index (χ4n) is 3.15. The lowest BCUT2D eigenvalue weighted by atomic mass is 9.72. The molecule has 0 aromatic heterocycles. The summed E-state index contributed by atoms with van der Waals surface area (Å²) in [7, 11) is 0. The monoisotopic (exact) mass is 230 g/mol. The van der Waals surface area contributed by atoms with Gasteiger partial charge in [0.2, 0.25) is 0 Å². The van der Waals surface area contributed by atoms with Gasteiger partial charge in [-0.05, 0) is 42.7 Å². The van der Waals surface area contributed by atoms with E-state index in [0.29, 0.717) is 18.5 Å². The van der Waals surface area contributed by atoms with E-state index in [1.165, 1.54) is 36.8 Å². The van der Waals surface area contributed by atoms with Gasteiger partial charge < -0.3 is 11.1 Å². The molecule has 1 aromatic carbocycles. The van der Waals surface area contributed by atoms with Crippen molar-refractivity contribution in [3.05, 3.63) is 35.4 Å². The van der Waals surface area contributed by atoms with Crippen LogP contribution in [0.3, 0.4) is 0 Å². The smallest absolute Gasteiger partial charge is 0.0563 e. The summed E-state index contributed by atoms with van der Waals surface area (Å²) in [6, 6.07) is 9.56. The van der Waals surface area contributed by atoms with E-state index in [4.69, 9.17) is 5.73 Å². The molecule has 3 rings (SSSR count). The van der Waals surface area contributed by atoms with Crippen LogP contribution in [0.1, 0.15) is 49.7 Å². The van der Waals surface area contributed by atoms with Gasteiger partial charge in [-0.1, -0.05) is 31.2 Å². The highest BCUT2D eigenvalue weighted by Crippen LogP contribution is 2.42. The predicted molar refractivity (Wildman–Crippen MR) is 71.0 cm³/mol. The molecule has 2 heteroatoms. The second kappa shape index (κ2) is 4.11. The Morgan fingerprint density at radius 3 is 2.76 bits per heavy atom. The van der Waals surface area contributed by atoms with Crippen molar-refractivity contribution >= 4 is 0 Å². The van der Waals surface area contributed by atoms with Gasteiger partial charge in [-0.25, -0.2) is 0 Å². The van der Waals surface area contributed by atoms with Crippen LogP contribution in [0.2, 0.25) is 0 Å². The summed E-state index contributed by atoms with van der Waals surface area (Å²) in [4.78, 5) is 0. The molecule has 17 heavy (non-hydrogen) atoms. The molecule has 0 heterocycles. The Hall–Kier alpha value is -0.860. The van der Waals surface area contributed by atoms with Crippen LogP contribution in [0, 0.1) is 0 Å². The molecule has 1 saturated carbocycles. The molecule has 2 nitrogen and oxygen atoms in total. The molecule has 0 spiro atoms. The molecule has 0 saturated heterocycles. The molecule has 0 aliphatic heterocycles. The van der Waals surface area contributed by atoms with Crippen LogP contribution in [-0.4, -0.2) is 12.6 Å². The topological polar surface area (TPSA) is 38.0 Å². The molecule has 2 aliphatic rings. The van der Waals surface area contributed by atoms with E-state index in [2.05, 4.69) is 36.5 Å². The van der Waals surface area contributed by atoms with Crippen molar-refractivity contribution in [1.82, 2.24) is 5.32 Å². The van der Waals surface area contributed by atoms with Crippen molar-refractivity contribution in [2.75, 3.05) is 6.54 Å². The summed E-state index contributed by atoms with van der Waals surface area (Å²) in [6.45, 7) is 3.05. The maximum absolute atomic E-state index is 6.11. The molecular formula is C15H22N2. The van der Waals surface area contributed by atoms with Crippen molar-refractivity contribution in [2.45, 2.75) is 50.1 Å². The van der Waals surface area contributed by atoms with E-state index in [1.807, 2.05) is 0 Å². The van der Waals surface area contributed by atoms with Gasteiger partial charge in [-0.3, -0.25) is 0 Å². The first-order valence-electron chi connectivity index (χ1n) is 6.82. The maximum atomic E-state index is 6.11. The lowest BCUT2D eigenvalue weighted by Gasteiger charge is -2.41. The van der Waals surface area contributed by atoms with Gasteiger partial charge in [0, 0.05) is 12.6 Å². The minimum Gasteiger partial charge on any atom is -0.328 e. The predicted octanol–water partition coefficient (Wildman–Crippen LogP) is 2.49. The second-order valence-electron chi connectivity index (χ2n) is 5.73. The zero-order chi connectivity index (χ0) is 11.9. The SMILES string of the molecule is CC1CCC(CN)(NC2CC2)c2ccccc21. The van der Waals surface area contributed by atoms with Crippen LogP contribution in [-0.2, 0) is 5.54 Å². The molecule has 0 bridgehead atoms. The first-order chi connectivity index (χ1) is 8.25. The fraction of sp³-hybridized carbons (Fsp3) is 0.600. The quantitative estimate of drug-likeness (QED) is 0.837. The van der Waals surface area contributed by atoms with E-state index >= 15 is 0 Å². The van der Waals surface area contributed by atoms with Gasteiger partial charge in [-0.2, -0.15) is 0 Å². The molecule has 2 atom stereocenters. The van der Waals surface area contributed by atoms with E-state index < -0.39 is 0 Å². The molecule has 2 unspecified atom stereocenters. The number of fused-ring (bicyclic) bond motifs is 1. The molecule has 92 valence electrons. The van der Waals surface area contributed by atoms with Gasteiger partial charge >= 0.3 is 0 Å². The molecule has 0 amide bonds. The summed E-state index contributed by atoms with van der Waals surface area (Å²) in [5.41, 5.74) is 9.11. The van der Waals surface area contributed by atoms with Crippen LogP contribution in [0.4, 0.5) is 0 Å². The van der Waals surface area contributed by atoms with Gasteiger partial charge in [0.1, 0.15) is 0 Å². The number of rotatable bonds is 3. The zero-order valence-corrected chi connectivity index (χ0v) is 10.6. The number of hydrogen-bond acceptors (Lipinski definition) is 2. The molecule has 1 fully saturated rings. The summed E-state index contributed by atoms with van der Waals surface area (Å²) in [5, 5.41) is 3.81. The molecule has 2 aliphatic carbocycles. The standard InChI is InChI=1S/C15H22N2/c1-11-8-9-15(10-16,17-12-6-7-12)14-5-3-2-4-13(11)14/h2-5,11-12,17H,6-10,16H2,1H3. The fourth-order valence-corrected chi connectivity index (χ4v) is 3.15. The van der Waals surface area contributed by atoms with Gasteiger partial charge in [0.15, 0.2) is 0 Å². The number of nitrogens with one attached hydrogen (secondary N) is 1. The maximum Gasteiger partial charge on any atom is 0.0563 e. The van der Waals surface area contributed by atoms with Crippen molar-refractivity contribution in [3.63, 3.8) is 0 Å². The van der Waals surface area contributed by atoms with Crippen molar-refractivity contribution < 1.29 is 0 Å². The Morgan fingerprint density at radius 1 is 1.29 bits per heavy atom. The second-order valence-corrected chi connectivity index (χ2v) is 5.73. The molecule has 1 aromatic rings. The summed E-state index contributed by atoms with van der Waals surface area (Å²) in [5.74, 6) is 0.673. The average molecular weight is 230 g/mol. The van der Waals surface area contributed by atoms with Crippen LogP contribution in [0.5, 0.6) is 0 Å². The Bertz CT molecular complexity index is 411. The lowest BCUT2D eigenvalue weighted by Crippen LogP contribution is -2.51. The van der Waals surface area contributed by atoms with Gasteiger partial charge in [0.25, 0.3) is 0 Å². The Kier molecular flexibility index (Phi) is 2.72. The third-order valence-electron chi connectivity index (χ3n) is 4.42.